The number of aromatic nitrogens is 2. The number of ether oxygens (including phenoxy) is 1. The lowest BCUT2D eigenvalue weighted by Gasteiger charge is -2.21. The zero-order chi connectivity index (χ0) is 24.1. The topological polar surface area (TPSA) is 153 Å². The van der Waals surface area contributed by atoms with E-state index < -0.39 is 41.3 Å². The van der Waals surface area contributed by atoms with Crippen molar-refractivity contribution in [3.8, 4) is 0 Å². The number of nitro groups is 1. The third-order valence-corrected chi connectivity index (χ3v) is 5.39. The van der Waals surface area contributed by atoms with Gasteiger partial charge in [-0.3, -0.25) is 19.7 Å². The minimum absolute atomic E-state index is 0.0148. The van der Waals surface area contributed by atoms with Gasteiger partial charge in [0, 0.05) is 12.1 Å². The van der Waals surface area contributed by atoms with Crippen LogP contribution in [0.5, 0.6) is 0 Å². The van der Waals surface area contributed by atoms with Crippen molar-refractivity contribution < 1.29 is 24.0 Å². The Bertz CT molecular complexity index is 1230. The standard InChI is InChI=1S/C20H18ClN5O6S/c1-10(2)17(23-19(28)12-8-11(26(30)31)6-7-13(12)21)20(29)32-9-16(27)22-14-4-3-5-15-18(14)25-33-24-15/h3-8,10,17H,9H2,1-2H3,(H,22,27)(H,23,28)/t17-/m0/s1. The van der Waals surface area contributed by atoms with Crippen LogP contribution in [0.2, 0.25) is 5.02 Å². The molecule has 1 aromatic heterocycles. The van der Waals surface area contributed by atoms with Gasteiger partial charge >= 0.3 is 5.97 Å². The molecule has 172 valence electrons. The zero-order valence-corrected chi connectivity index (χ0v) is 19.0. The monoisotopic (exact) mass is 491 g/mol. The first-order valence-electron chi connectivity index (χ1n) is 9.60. The molecule has 33 heavy (non-hydrogen) atoms. The van der Waals surface area contributed by atoms with Crippen molar-refractivity contribution >= 4 is 63.5 Å². The number of carbonyl (C=O) groups is 3. The molecule has 2 N–H and O–H groups in total. The van der Waals surface area contributed by atoms with E-state index >= 15 is 0 Å². The number of fused-ring (bicyclic) bond motifs is 1. The molecule has 11 nitrogen and oxygen atoms in total. The van der Waals surface area contributed by atoms with Crippen LogP contribution in [0.1, 0.15) is 24.2 Å². The molecule has 0 saturated carbocycles. The Morgan fingerprint density at radius 3 is 2.67 bits per heavy atom. The van der Waals surface area contributed by atoms with Gasteiger partial charge in [-0.1, -0.05) is 31.5 Å². The molecule has 2 amide bonds. The number of rotatable bonds is 8. The van der Waals surface area contributed by atoms with Gasteiger partial charge in [-0.15, -0.1) is 0 Å². The second-order valence-electron chi connectivity index (χ2n) is 7.21. The number of carbonyl (C=O) groups excluding carboxylic acids is 3. The number of hydrogen-bond donors (Lipinski definition) is 2. The number of hydrogen-bond acceptors (Lipinski definition) is 9. The Labute approximate surface area is 196 Å². The fourth-order valence-corrected chi connectivity index (χ4v) is 3.59. The predicted molar refractivity (Wildman–Crippen MR) is 121 cm³/mol. The van der Waals surface area contributed by atoms with Gasteiger partial charge in [0.25, 0.3) is 17.5 Å². The van der Waals surface area contributed by atoms with Crippen molar-refractivity contribution in [2.24, 2.45) is 5.92 Å². The Hall–Kier alpha value is -3.64. The molecule has 0 saturated heterocycles. The molecule has 3 rings (SSSR count). The summed E-state index contributed by atoms with van der Waals surface area (Å²) in [5, 5.41) is 16.0. The van der Waals surface area contributed by atoms with Crippen molar-refractivity contribution in [1.29, 1.82) is 0 Å². The summed E-state index contributed by atoms with van der Waals surface area (Å²) in [5.74, 6) is -2.63. The van der Waals surface area contributed by atoms with E-state index in [1.807, 2.05) is 0 Å². The van der Waals surface area contributed by atoms with Crippen LogP contribution in [-0.2, 0) is 14.3 Å². The van der Waals surface area contributed by atoms with E-state index in [2.05, 4.69) is 19.4 Å². The molecule has 0 spiro atoms. The van der Waals surface area contributed by atoms with E-state index in [1.165, 1.54) is 6.07 Å². The minimum atomic E-state index is -1.12. The molecule has 0 unspecified atom stereocenters. The molecule has 1 heterocycles. The smallest absolute Gasteiger partial charge is 0.329 e. The molecular formula is C20H18ClN5O6S. The molecule has 0 aliphatic carbocycles. The number of benzene rings is 2. The third-order valence-electron chi connectivity index (χ3n) is 4.52. The number of amides is 2. The summed E-state index contributed by atoms with van der Waals surface area (Å²) in [4.78, 5) is 47.8. The van der Waals surface area contributed by atoms with Crippen LogP contribution < -0.4 is 10.6 Å². The summed E-state index contributed by atoms with van der Waals surface area (Å²) in [6.07, 6.45) is 0. The Morgan fingerprint density at radius 2 is 1.97 bits per heavy atom. The van der Waals surface area contributed by atoms with Gasteiger partial charge in [-0.25, -0.2) is 4.79 Å². The van der Waals surface area contributed by atoms with Crippen LogP contribution in [0.4, 0.5) is 11.4 Å². The number of non-ortho nitro benzene ring substituents is 1. The van der Waals surface area contributed by atoms with Gasteiger partial charge in [0.15, 0.2) is 6.61 Å². The van der Waals surface area contributed by atoms with E-state index in [1.54, 1.807) is 32.0 Å². The maximum Gasteiger partial charge on any atom is 0.329 e. The zero-order valence-electron chi connectivity index (χ0n) is 17.4. The van der Waals surface area contributed by atoms with Crippen LogP contribution in [0, 0.1) is 16.0 Å². The average molecular weight is 492 g/mol. The highest BCUT2D eigenvalue weighted by molar-refractivity contribution is 7.00. The Kier molecular flexibility index (Phi) is 7.51. The van der Waals surface area contributed by atoms with Crippen LogP contribution in [0.25, 0.3) is 11.0 Å². The lowest BCUT2D eigenvalue weighted by molar-refractivity contribution is -0.384. The first-order valence-corrected chi connectivity index (χ1v) is 10.7. The molecule has 0 aliphatic rings. The summed E-state index contributed by atoms with van der Waals surface area (Å²) < 4.78 is 13.3. The second kappa shape index (κ2) is 10.3. The van der Waals surface area contributed by atoms with Crippen LogP contribution in [0.3, 0.4) is 0 Å². The van der Waals surface area contributed by atoms with Gasteiger partial charge in [-0.05, 0) is 24.1 Å². The summed E-state index contributed by atoms with van der Waals surface area (Å²) in [5.41, 5.74) is 1.08. The Balaban J connectivity index is 1.64. The molecule has 13 heteroatoms. The minimum Gasteiger partial charge on any atom is -0.454 e. The van der Waals surface area contributed by atoms with Gasteiger partial charge in [0.05, 0.1) is 32.9 Å². The van der Waals surface area contributed by atoms with Gasteiger partial charge < -0.3 is 15.4 Å². The fraction of sp³-hybridized carbons (Fsp3) is 0.250. The maximum absolute atomic E-state index is 12.6. The van der Waals surface area contributed by atoms with E-state index in [4.69, 9.17) is 16.3 Å². The van der Waals surface area contributed by atoms with Crippen LogP contribution >= 0.6 is 23.3 Å². The lowest BCUT2D eigenvalue weighted by Crippen LogP contribution is -2.46. The molecule has 0 radical (unpaired) electrons. The molecule has 1 atom stereocenters. The fourth-order valence-electron chi connectivity index (χ4n) is 2.84. The van der Waals surface area contributed by atoms with Crippen molar-refractivity contribution in [3.05, 3.63) is 57.1 Å². The highest BCUT2D eigenvalue weighted by Crippen LogP contribution is 2.23. The summed E-state index contributed by atoms with van der Waals surface area (Å²) in [6, 6.07) is 7.37. The number of nitrogens with one attached hydrogen (secondary N) is 2. The molecule has 0 fully saturated rings. The molecule has 2 aromatic carbocycles. The van der Waals surface area contributed by atoms with Gasteiger partial charge in [0.2, 0.25) is 0 Å². The first kappa shape index (κ1) is 24.0. The number of nitrogens with zero attached hydrogens (tertiary/aromatic N) is 3. The number of nitro benzene ring substituents is 1. The first-order chi connectivity index (χ1) is 15.7. The van der Waals surface area contributed by atoms with Crippen molar-refractivity contribution in [3.63, 3.8) is 0 Å². The number of anilines is 1. The number of esters is 1. The highest BCUT2D eigenvalue weighted by atomic mass is 35.5. The SMILES string of the molecule is CC(C)[C@H](NC(=O)c1cc([N+](=O)[O-])ccc1Cl)C(=O)OCC(=O)Nc1cccc2nsnc12. The highest BCUT2D eigenvalue weighted by Gasteiger charge is 2.28. The van der Waals surface area contributed by atoms with E-state index in [9.17, 15) is 24.5 Å². The predicted octanol–water partition coefficient (Wildman–Crippen LogP) is 3.19. The number of halogens is 1. The summed E-state index contributed by atoms with van der Waals surface area (Å²) in [7, 11) is 0. The third kappa shape index (κ3) is 5.79. The van der Waals surface area contributed by atoms with E-state index in [0.29, 0.717) is 16.7 Å². The van der Waals surface area contributed by atoms with Crippen LogP contribution in [0.15, 0.2) is 36.4 Å². The largest absolute Gasteiger partial charge is 0.454 e. The van der Waals surface area contributed by atoms with Gasteiger partial charge in [0.1, 0.15) is 17.1 Å². The summed E-state index contributed by atoms with van der Waals surface area (Å²) >= 11 is 6.99. The summed E-state index contributed by atoms with van der Waals surface area (Å²) in [6.45, 7) is 2.73. The second-order valence-corrected chi connectivity index (χ2v) is 8.15. The van der Waals surface area contributed by atoms with Gasteiger partial charge in [-0.2, -0.15) is 8.75 Å². The van der Waals surface area contributed by atoms with E-state index in [0.717, 1.165) is 23.9 Å². The quantitative estimate of drug-likeness (QED) is 0.276. The molecule has 0 bridgehead atoms. The van der Waals surface area contributed by atoms with Crippen molar-refractivity contribution in [1.82, 2.24) is 14.1 Å². The lowest BCUT2D eigenvalue weighted by atomic mass is 10.0. The maximum atomic E-state index is 12.6. The van der Waals surface area contributed by atoms with Crippen molar-refractivity contribution in [2.75, 3.05) is 11.9 Å². The van der Waals surface area contributed by atoms with E-state index in [-0.39, 0.29) is 16.3 Å². The molecule has 0 aliphatic heterocycles. The molecular weight excluding hydrogens is 474 g/mol. The van der Waals surface area contributed by atoms with Crippen molar-refractivity contribution in [2.45, 2.75) is 19.9 Å². The Morgan fingerprint density at radius 1 is 1.21 bits per heavy atom. The average Bonchev–Trinajstić information content (AvgIpc) is 3.25. The normalized spacial score (nSPS) is 11.8. The molecule has 3 aromatic rings. The van der Waals surface area contributed by atoms with Crippen LogP contribution in [-0.4, -0.2) is 44.1 Å².